The topological polar surface area (TPSA) is 89.3 Å². The molecule has 2 aromatic rings. The van der Waals surface area contributed by atoms with Crippen molar-refractivity contribution in [1.29, 1.82) is 0 Å². The van der Waals surface area contributed by atoms with Crippen molar-refractivity contribution in [3.63, 3.8) is 0 Å². The molecule has 0 spiro atoms. The average molecular weight is 324 g/mol. The van der Waals surface area contributed by atoms with Gasteiger partial charge in [0.15, 0.2) is 5.60 Å². The van der Waals surface area contributed by atoms with Crippen molar-refractivity contribution in [2.75, 3.05) is 0 Å². The molecule has 1 atom stereocenters. The van der Waals surface area contributed by atoms with Crippen LogP contribution < -0.4 is 11.5 Å². The Balaban J connectivity index is 2.78. The molecule has 5 N–H and O–H groups in total. The van der Waals surface area contributed by atoms with Crippen LogP contribution in [-0.4, -0.2) is 11.0 Å². The number of amides is 1. The molecular weight excluding hydrogens is 309 g/mol. The largest absolute Gasteiger partial charge is 0.416 e. The van der Waals surface area contributed by atoms with Gasteiger partial charge in [0, 0.05) is 12.1 Å². The van der Waals surface area contributed by atoms with Crippen molar-refractivity contribution in [2.24, 2.45) is 11.5 Å². The van der Waals surface area contributed by atoms with Crippen molar-refractivity contribution < 1.29 is 23.1 Å². The minimum atomic E-state index is -4.78. The summed E-state index contributed by atoms with van der Waals surface area (Å²) in [6, 6.07) is 10.4. The fourth-order valence-corrected chi connectivity index (χ4v) is 2.38. The summed E-state index contributed by atoms with van der Waals surface area (Å²) in [7, 11) is 0. The molecule has 0 fully saturated rings. The zero-order chi connectivity index (χ0) is 17.3. The van der Waals surface area contributed by atoms with Crippen LogP contribution >= 0.6 is 0 Å². The number of primary amides is 1. The third kappa shape index (κ3) is 3.06. The molecule has 1 amide bonds. The Morgan fingerprint density at radius 3 is 2.13 bits per heavy atom. The Bertz CT molecular complexity index is 717. The van der Waals surface area contributed by atoms with Crippen LogP contribution in [0.3, 0.4) is 0 Å². The van der Waals surface area contributed by atoms with Gasteiger partial charge in [-0.3, -0.25) is 4.79 Å². The molecule has 0 saturated carbocycles. The Kier molecular flexibility index (Phi) is 4.44. The fraction of sp³-hybridized carbons (Fsp3) is 0.188. The highest BCUT2D eigenvalue weighted by atomic mass is 19.4. The van der Waals surface area contributed by atoms with Crippen molar-refractivity contribution in [1.82, 2.24) is 0 Å². The lowest BCUT2D eigenvalue weighted by Crippen LogP contribution is -2.43. The van der Waals surface area contributed by atoms with Gasteiger partial charge in [-0.2, -0.15) is 13.2 Å². The van der Waals surface area contributed by atoms with Gasteiger partial charge in [-0.1, -0.05) is 42.5 Å². The van der Waals surface area contributed by atoms with Crippen molar-refractivity contribution in [3.8, 4) is 0 Å². The monoisotopic (exact) mass is 324 g/mol. The van der Waals surface area contributed by atoms with E-state index in [-0.39, 0.29) is 17.7 Å². The number of carbonyl (C=O) groups is 1. The van der Waals surface area contributed by atoms with Crippen LogP contribution in [0.15, 0.2) is 48.5 Å². The second-order valence-electron chi connectivity index (χ2n) is 5.02. The smallest absolute Gasteiger partial charge is 0.372 e. The highest BCUT2D eigenvalue weighted by Gasteiger charge is 2.45. The number of benzene rings is 2. The van der Waals surface area contributed by atoms with Crippen molar-refractivity contribution in [3.05, 3.63) is 70.8 Å². The molecule has 2 aromatic carbocycles. The fourth-order valence-electron chi connectivity index (χ4n) is 2.38. The van der Waals surface area contributed by atoms with Gasteiger partial charge in [-0.05, 0) is 17.2 Å². The van der Waals surface area contributed by atoms with E-state index in [0.717, 1.165) is 12.1 Å². The summed E-state index contributed by atoms with van der Waals surface area (Å²) in [5.74, 6) is -1.30. The van der Waals surface area contributed by atoms with Crippen molar-refractivity contribution >= 4 is 5.91 Å². The van der Waals surface area contributed by atoms with E-state index in [2.05, 4.69) is 0 Å². The summed E-state index contributed by atoms with van der Waals surface area (Å²) < 4.78 is 40.1. The summed E-state index contributed by atoms with van der Waals surface area (Å²) in [4.78, 5) is 11.8. The highest BCUT2D eigenvalue weighted by Crippen LogP contribution is 2.40. The van der Waals surface area contributed by atoms with E-state index < -0.39 is 28.8 Å². The maximum Gasteiger partial charge on any atom is 0.416 e. The molecule has 23 heavy (non-hydrogen) atoms. The number of halogens is 3. The molecule has 4 nitrogen and oxygen atoms in total. The summed E-state index contributed by atoms with van der Waals surface area (Å²) in [5.41, 5.74) is 6.42. The number of alkyl halides is 3. The SMILES string of the molecule is NCc1ccc(C(O)(C(N)=O)c2ccccc2)c(C(F)(F)F)c1. The summed E-state index contributed by atoms with van der Waals surface area (Å²) in [6.07, 6.45) is -4.78. The summed E-state index contributed by atoms with van der Waals surface area (Å²) >= 11 is 0. The number of carbonyl (C=O) groups excluding carboxylic acids is 1. The quantitative estimate of drug-likeness (QED) is 0.802. The van der Waals surface area contributed by atoms with E-state index in [1.54, 1.807) is 6.07 Å². The van der Waals surface area contributed by atoms with Crippen LogP contribution in [0, 0.1) is 0 Å². The van der Waals surface area contributed by atoms with Gasteiger partial charge in [0.25, 0.3) is 5.91 Å². The molecule has 7 heteroatoms. The van der Waals surface area contributed by atoms with Gasteiger partial charge in [0.05, 0.1) is 5.56 Å². The zero-order valence-corrected chi connectivity index (χ0v) is 12.0. The lowest BCUT2D eigenvalue weighted by Gasteiger charge is -2.29. The first kappa shape index (κ1) is 17.0. The van der Waals surface area contributed by atoms with Crippen LogP contribution in [0.5, 0.6) is 0 Å². The molecule has 1 unspecified atom stereocenters. The van der Waals surface area contributed by atoms with Crippen LogP contribution in [-0.2, 0) is 23.1 Å². The molecule has 0 saturated heterocycles. The molecule has 122 valence electrons. The van der Waals surface area contributed by atoms with Crippen molar-refractivity contribution in [2.45, 2.75) is 18.3 Å². The molecule has 0 bridgehead atoms. The molecule has 0 heterocycles. The minimum Gasteiger partial charge on any atom is -0.372 e. The molecule has 0 radical (unpaired) electrons. The molecule has 0 aliphatic rings. The number of hydrogen-bond donors (Lipinski definition) is 3. The second-order valence-corrected chi connectivity index (χ2v) is 5.02. The zero-order valence-electron chi connectivity index (χ0n) is 12.0. The lowest BCUT2D eigenvalue weighted by molar-refractivity contribution is -0.143. The maximum absolute atomic E-state index is 13.4. The van der Waals surface area contributed by atoms with E-state index in [0.29, 0.717) is 0 Å². The Morgan fingerprint density at radius 2 is 1.65 bits per heavy atom. The average Bonchev–Trinajstić information content (AvgIpc) is 2.53. The van der Waals surface area contributed by atoms with E-state index in [4.69, 9.17) is 11.5 Å². The standard InChI is InChI=1S/C16H15F3N2O2/c17-16(18,19)13-8-10(9-20)6-7-12(13)15(23,14(21)22)11-4-2-1-3-5-11/h1-8,23H,9,20H2,(H2,21,22). The Labute approximate surface area is 130 Å². The highest BCUT2D eigenvalue weighted by molar-refractivity contribution is 5.89. The van der Waals surface area contributed by atoms with E-state index in [1.807, 2.05) is 0 Å². The van der Waals surface area contributed by atoms with Gasteiger partial charge in [0.1, 0.15) is 0 Å². The summed E-state index contributed by atoms with van der Waals surface area (Å²) in [6.45, 7) is -0.107. The normalized spacial score (nSPS) is 14.3. The van der Waals surface area contributed by atoms with E-state index in [1.165, 1.54) is 30.3 Å². The third-order valence-electron chi connectivity index (χ3n) is 3.56. The predicted molar refractivity (Wildman–Crippen MR) is 78.0 cm³/mol. The lowest BCUT2D eigenvalue weighted by atomic mass is 9.82. The third-order valence-corrected chi connectivity index (χ3v) is 3.56. The first-order chi connectivity index (χ1) is 10.7. The van der Waals surface area contributed by atoms with Crippen LogP contribution in [0.25, 0.3) is 0 Å². The van der Waals surface area contributed by atoms with Gasteiger partial charge >= 0.3 is 6.18 Å². The minimum absolute atomic E-state index is 0.0431. The van der Waals surface area contributed by atoms with Gasteiger partial charge in [0.2, 0.25) is 0 Å². The number of rotatable bonds is 4. The predicted octanol–water partition coefficient (Wildman–Crippen LogP) is 1.89. The maximum atomic E-state index is 13.4. The Hall–Kier alpha value is -2.38. The molecule has 2 rings (SSSR count). The Morgan fingerprint density at radius 1 is 1.04 bits per heavy atom. The molecule has 0 aliphatic carbocycles. The first-order valence-corrected chi connectivity index (χ1v) is 6.69. The van der Waals surface area contributed by atoms with Gasteiger partial charge in [-0.15, -0.1) is 0 Å². The second kappa shape index (κ2) is 6.02. The molecular formula is C16H15F3N2O2. The van der Waals surface area contributed by atoms with Crippen LogP contribution in [0.2, 0.25) is 0 Å². The van der Waals surface area contributed by atoms with E-state index >= 15 is 0 Å². The molecule has 0 aromatic heterocycles. The number of nitrogens with two attached hydrogens (primary N) is 2. The number of aliphatic hydroxyl groups is 1. The number of hydrogen-bond acceptors (Lipinski definition) is 3. The first-order valence-electron chi connectivity index (χ1n) is 6.69. The van der Waals surface area contributed by atoms with Crippen LogP contribution in [0.1, 0.15) is 22.3 Å². The van der Waals surface area contributed by atoms with Gasteiger partial charge < -0.3 is 16.6 Å². The van der Waals surface area contributed by atoms with Crippen LogP contribution in [0.4, 0.5) is 13.2 Å². The van der Waals surface area contributed by atoms with Gasteiger partial charge in [-0.25, -0.2) is 0 Å². The summed E-state index contributed by atoms with van der Waals surface area (Å²) in [5, 5.41) is 10.7. The molecule has 0 aliphatic heterocycles. The van der Waals surface area contributed by atoms with E-state index in [9.17, 15) is 23.1 Å².